The Morgan fingerprint density at radius 1 is 1.33 bits per heavy atom. The first-order valence-electron chi connectivity index (χ1n) is 7.32. The van der Waals surface area contributed by atoms with Gasteiger partial charge in [-0.2, -0.15) is 0 Å². The second kappa shape index (κ2) is 8.52. The van der Waals surface area contributed by atoms with Crippen LogP contribution < -0.4 is 5.32 Å². The minimum Gasteiger partial charge on any atom is -0.388 e. The second-order valence-electron chi connectivity index (χ2n) is 6.06. The molecule has 18 heavy (non-hydrogen) atoms. The SMILES string of the molecule is CCCCC(CC)C(=O)NCC(C)(O)CC(C)C. The van der Waals surface area contributed by atoms with Gasteiger partial charge in [0.15, 0.2) is 0 Å². The van der Waals surface area contributed by atoms with Gasteiger partial charge in [-0.15, -0.1) is 0 Å². The highest BCUT2D eigenvalue weighted by molar-refractivity contribution is 5.78. The minimum absolute atomic E-state index is 0.0926. The van der Waals surface area contributed by atoms with Crippen molar-refractivity contribution < 1.29 is 9.90 Å². The maximum Gasteiger partial charge on any atom is 0.223 e. The van der Waals surface area contributed by atoms with E-state index in [9.17, 15) is 9.90 Å². The first-order chi connectivity index (χ1) is 8.32. The normalized spacial score (nSPS) is 16.4. The van der Waals surface area contributed by atoms with Crippen molar-refractivity contribution in [1.29, 1.82) is 0 Å². The van der Waals surface area contributed by atoms with Crippen LogP contribution >= 0.6 is 0 Å². The van der Waals surface area contributed by atoms with E-state index in [1.54, 1.807) is 6.92 Å². The first-order valence-corrected chi connectivity index (χ1v) is 7.32. The predicted octanol–water partition coefficient (Wildman–Crippen LogP) is 3.12. The molecule has 3 nitrogen and oxygen atoms in total. The van der Waals surface area contributed by atoms with E-state index in [2.05, 4.69) is 26.1 Å². The zero-order chi connectivity index (χ0) is 14.2. The fourth-order valence-corrected chi connectivity index (χ4v) is 2.34. The van der Waals surface area contributed by atoms with Gasteiger partial charge in [0, 0.05) is 12.5 Å². The van der Waals surface area contributed by atoms with Gasteiger partial charge in [0.2, 0.25) is 5.91 Å². The first kappa shape index (κ1) is 17.4. The standard InChI is InChI=1S/C15H31NO2/c1-6-8-9-13(7-2)14(17)16-11-15(5,18)10-12(3)4/h12-13,18H,6-11H2,1-5H3,(H,16,17). The van der Waals surface area contributed by atoms with Gasteiger partial charge in [0.1, 0.15) is 0 Å². The van der Waals surface area contributed by atoms with Crippen molar-refractivity contribution in [3.63, 3.8) is 0 Å². The minimum atomic E-state index is -0.799. The zero-order valence-electron chi connectivity index (χ0n) is 12.8. The molecule has 0 aromatic heterocycles. The van der Waals surface area contributed by atoms with Crippen molar-refractivity contribution in [3.05, 3.63) is 0 Å². The summed E-state index contributed by atoms with van der Waals surface area (Å²) < 4.78 is 0. The monoisotopic (exact) mass is 257 g/mol. The molecule has 2 atom stereocenters. The average Bonchev–Trinajstić information content (AvgIpc) is 2.26. The summed E-state index contributed by atoms with van der Waals surface area (Å²) in [5, 5.41) is 13.0. The smallest absolute Gasteiger partial charge is 0.223 e. The van der Waals surface area contributed by atoms with Crippen LogP contribution in [0.3, 0.4) is 0 Å². The van der Waals surface area contributed by atoms with Gasteiger partial charge < -0.3 is 10.4 Å². The lowest BCUT2D eigenvalue weighted by atomic mass is 9.93. The Kier molecular flexibility index (Phi) is 8.25. The average molecular weight is 257 g/mol. The van der Waals surface area contributed by atoms with Crippen molar-refractivity contribution in [2.24, 2.45) is 11.8 Å². The van der Waals surface area contributed by atoms with Crippen LogP contribution in [0.25, 0.3) is 0 Å². The summed E-state index contributed by atoms with van der Waals surface area (Å²) >= 11 is 0. The van der Waals surface area contributed by atoms with Gasteiger partial charge in [0.05, 0.1) is 5.60 Å². The molecule has 2 unspecified atom stereocenters. The van der Waals surface area contributed by atoms with Gasteiger partial charge in [-0.05, 0) is 32.1 Å². The zero-order valence-corrected chi connectivity index (χ0v) is 12.8. The lowest BCUT2D eigenvalue weighted by Gasteiger charge is -2.26. The van der Waals surface area contributed by atoms with Crippen LogP contribution in [-0.2, 0) is 4.79 Å². The van der Waals surface area contributed by atoms with Crippen LogP contribution in [0, 0.1) is 11.8 Å². The van der Waals surface area contributed by atoms with Crippen molar-refractivity contribution in [2.45, 2.75) is 72.3 Å². The molecule has 108 valence electrons. The molecular weight excluding hydrogens is 226 g/mol. The molecule has 0 radical (unpaired) electrons. The molecule has 0 aliphatic heterocycles. The highest BCUT2D eigenvalue weighted by atomic mass is 16.3. The molecule has 3 heteroatoms. The number of unbranched alkanes of at least 4 members (excludes halogenated alkanes) is 1. The fraction of sp³-hybridized carbons (Fsp3) is 0.933. The van der Waals surface area contributed by atoms with Gasteiger partial charge in [-0.3, -0.25) is 4.79 Å². The number of hydrogen-bond acceptors (Lipinski definition) is 2. The third-order valence-electron chi connectivity index (χ3n) is 3.26. The number of carbonyl (C=O) groups is 1. The van der Waals surface area contributed by atoms with Crippen molar-refractivity contribution >= 4 is 5.91 Å². The highest BCUT2D eigenvalue weighted by Gasteiger charge is 2.24. The number of aliphatic hydroxyl groups is 1. The maximum absolute atomic E-state index is 12.0. The van der Waals surface area contributed by atoms with Crippen LogP contribution in [0.5, 0.6) is 0 Å². The topological polar surface area (TPSA) is 49.3 Å². The Bertz CT molecular complexity index is 237. The fourth-order valence-electron chi connectivity index (χ4n) is 2.34. The molecular formula is C15H31NO2. The lowest BCUT2D eigenvalue weighted by Crippen LogP contribution is -2.43. The Balaban J connectivity index is 4.13. The summed E-state index contributed by atoms with van der Waals surface area (Å²) in [5.74, 6) is 0.619. The second-order valence-corrected chi connectivity index (χ2v) is 6.06. The molecule has 0 spiro atoms. The summed E-state index contributed by atoms with van der Waals surface area (Å²) in [4.78, 5) is 12.0. The summed E-state index contributed by atoms with van der Waals surface area (Å²) in [6.07, 6.45) is 4.74. The molecule has 1 amide bonds. The molecule has 0 aliphatic carbocycles. The van der Waals surface area contributed by atoms with Crippen LogP contribution in [-0.4, -0.2) is 23.2 Å². The maximum atomic E-state index is 12.0. The van der Waals surface area contributed by atoms with Gasteiger partial charge >= 0.3 is 0 Å². The predicted molar refractivity (Wildman–Crippen MR) is 76.4 cm³/mol. The molecule has 0 fully saturated rings. The van der Waals surface area contributed by atoms with Crippen LogP contribution in [0.4, 0.5) is 0 Å². The molecule has 0 aromatic rings. The van der Waals surface area contributed by atoms with E-state index < -0.39 is 5.60 Å². The number of carbonyl (C=O) groups excluding carboxylic acids is 1. The van der Waals surface area contributed by atoms with Crippen molar-refractivity contribution in [1.82, 2.24) is 5.32 Å². The van der Waals surface area contributed by atoms with E-state index in [0.29, 0.717) is 18.9 Å². The number of rotatable bonds is 9. The van der Waals surface area contributed by atoms with E-state index >= 15 is 0 Å². The molecule has 0 aromatic carbocycles. The summed E-state index contributed by atoms with van der Waals surface area (Å²) in [7, 11) is 0. The Morgan fingerprint density at radius 2 is 1.94 bits per heavy atom. The van der Waals surface area contributed by atoms with E-state index in [0.717, 1.165) is 25.7 Å². The van der Waals surface area contributed by atoms with Crippen LogP contribution in [0.2, 0.25) is 0 Å². The van der Waals surface area contributed by atoms with Gasteiger partial charge in [0.25, 0.3) is 0 Å². The third kappa shape index (κ3) is 7.70. The lowest BCUT2D eigenvalue weighted by molar-refractivity contribution is -0.126. The molecule has 2 N–H and O–H groups in total. The number of amides is 1. The summed E-state index contributed by atoms with van der Waals surface area (Å²) in [6, 6.07) is 0. The molecule has 0 saturated carbocycles. The molecule has 0 rings (SSSR count). The Morgan fingerprint density at radius 3 is 2.39 bits per heavy atom. The van der Waals surface area contributed by atoms with Crippen LogP contribution in [0.1, 0.15) is 66.7 Å². The summed E-state index contributed by atoms with van der Waals surface area (Å²) in [6.45, 7) is 10.5. The van der Waals surface area contributed by atoms with E-state index in [1.165, 1.54) is 0 Å². The van der Waals surface area contributed by atoms with E-state index in [4.69, 9.17) is 0 Å². The Hall–Kier alpha value is -0.570. The van der Waals surface area contributed by atoms with E-state index in [1.807, 2.05) is 6.92 Å². The third-order valence-corrected chi connectivity index (χ3v) is 3.26. The molecule has 0 saturated heterocycles. The van der Waals surface area contributed by atoms with Crippen molar-refractivity contribution in [3.8, 4) is 0 Å². The molecule has 0 heterocycles. The molecule has 0 aliphatic rings. The number of nitrogens with one attached hydrogen (secondary N) is 1. The quantitative estimate of drug-likeness (QED) is 0.667. The summed E-state index contributed by atoms with van der Waals surface area (Å²) in [5.41, 5.74) is -0.799. The number of hydrogen-bond donors (Lipinski definition) is 2. The van der Waals surface area contributed by atoms with Crippen LogP contribution in [0.15, 0.2) is 0 Å². The van der Waals surface area contributed by atoms with Gasteiger partial charge in [-0.25, -0.2) is 0 Å². The van der Waals surface area contributed by atoms with E-state index in [-0.39, 0.29) is 11.8 Å². The Labute approximate surface area is 112 Å². The largest absolute Gasteiger partial charge is 0.388 e. The molecule has 0 bridgehead atoms. The van der Waals surface area contributed by atoms with Crippen molar-refractivity contribution in [2.75, 3.05) is 6.54 Å². The highest BCUT2D eigenvalue weighted by Crippen LogP contribution is 2.16. The van der Waals surface area contributed by atoms with Gasteiger partial charge in [-0.1, -0.05) is 40.5 Å².